The van der Waals surface area contributed by atoms with Gasteiger partial charge in [0.25, 0.3) is 0 Å². The van der Waals surface area contributed by atoms with E-state index < -0.39 is 0 Å². The molecule has 1 aliphatic carbocycles. The maximum atomic E-state index is 4.52. The number of hydrogen-bond donors (Lipinski definition) is 1. The molecule has 0 aliphatic heterocycles. The fraction of sp³-hybridized carbons (Fsp3) is 0.400. The zero-order valence-electron chi connectivity index (χ0n) is 11.5. The van der Waals surface area contributed by atoms with E-state index in [1.165, 1.54) is 23.3 Å². The van der Waals surface area contributed by atoms with E-state index in [2.05, 4.69) is 62.4 Å². The molecule has 1 saturated carbocycles. The minimum atomic E-state index is 0.751. The van der Waals surface area contributed by atoms with Gasteiger partial charge in [-0.15, -0.1) is 11.3 Å². The Labute approximate surface area is 132 Å². The molecule has 1 aromatic carbocycles. The first-order chi connectivity index (χ1) is 9.70. The second-order valence-corrected chi connectivity index (χ2v) is 7.26. The fourth-order valence-corrected chi connectivity index (χ4v) is 3.10. The molecule has 0 atom stereocenters. The van der Waals surface area contributed by atoms with Crippen LogP contribution in [0.25, 0.3) is 0 Å². The second-order valence-electron chi connectivity index (χ2n) is 5.25. The molecule has 0 saturated heterocycles. The number of aromatic nitrogens is 1. The van der Waals surface area contributed by atoms with Crippen molar-refractivity contribution in [2.75, 3.05) is 11.9 Å². The molecule has 0 spiro atoms. The van der Waals surface area contributed by atoms with Crippen molar-refractivity contribution >= 4 is 32.4 Å². The maximum absolute atomic E-state index is 4.52. The molecule has 106 valence electrons. The molecule has 5 heteroatoms. The topological polar surface area (TPSA) is 28.2 Å². The molecule has 1 fully saturated rings. The highest BCUT2D eigenvalue weighted by Gasteiger charge is 2.20. The molecule has 1 N–H and O–H groups in total. The Balaban J connectivity index is 1.58. The molecule has 2 aromatic rings. The van der Waals surface area contributed by atoms with Gasteiger partial charge in [-0.1, -0.05) is 28.1 Å². The summed E-state index contributed by atoms with van der Waals surface area (Å²) in [6.07, 6.45) is 4.65. The first-order valence-corrected chi connectivity index (χ1v) is 8.45. The molecule has 0 unspecified atom stereocenters. The zero-order valence-corrected chi connectivity index (χ0v) is 13.9. The van der Waals surface area contributed by atoms with Gasteiger partial charge in [0.15, 0.2) is 5.13 Å². The lowest BCUT2D eigenvalue weighted by Gasteiger charge is -2.15. The van der Waals surface area contributed by atoms with Gasteiger partial charge in [-0.25, -0.2) is 4.98 Å². The largest absolute Gasteiger partial charge is 0.347 e. The monoisotopic (exact) mass is 351 g/mol. The van der Waals surface area contributed by atoms with E-state index in [-0.39, 0.29) is 0 Å². The van der Waals surface area contributed by atoms with Gasteiger partial charge in [-0.2, -0.15) is 0 Å². The Morgan fingerprint density at radius 2 is 2.10 bits per heavy atom. The lowest BCUT2D eigenvalue weighted by molar-refractivity contribution is 0.694. The van der Waals surface area contributed by atoms with Gasteiger partial charge in [-0.3, -0.25) is 0 Å². The molecule has 20 heavy (non-hydrogen) atoms. The number of benzene rings is 1. The number of nitrogens with zero attached hydrogens (tertiary/aromatic N) is 2. The molecule has 0 amide bonds. The van der Waals surface area contributed by atoms with Gasteiger partial charge in [-0.05, 0) is 30.5 Å². The van der Waals surface area contributed by atoms with Gasteiger partial charge < -0.3 is 10.2 Å². The van der Waals surface area contributed by atoms with E-state index in [1.54, 1.807) is 11.3 Å². The number of thiazole rings is 1. The molecule has 1 heterocycles. The van der Waals surface area contributed by atoms with Crippen LogP contribution in [0.4, 0.5) is 5.13 Å². The minimum Gasteiger partial charge on any atom is -0.347 e. The highest BCUT2D eigenvalue weighted by Crippen LogP contribution is 2.25. The van der Waals surface area contributed by atoms with Crippen molar-refractivity contribution in [3.8, 4) is 0 Å². The van der Waals surface area contributed by atoms with Gasteiger partial charge in [0.05, 0.1) is 0 Å². The molecule has 0 radical (unpaired) electrons. The van der Waals surface area contributed by atoms with Crippen molar-refractivity contribution in [3.63, 3.8) is 0 Å². The Morgan fingerprint density at radius 3 is 2.80 bits per heavy atom. The summed E-state index contributed by atoms with van der Waals surface area (Å²) >= 11 is 5.24. The first kappa shape index (κ1) is 14.0. The summed E-state index contributed by atoms with van der Waals surface area (Å²) in [5.74, 6) is 0. The lowest BCUT2D eigenvalue weighted by Crippen LogP contribution is -2.16. The van der Waals surface area contributed by atoms with Crippen LogP contribution >= 0.6 is 27.3 Å². The van der Waals surface area contributed by atoms with Crippen LogP contribution in [-0.2, 0) is 13.1 Å². The molecule has 0 bridgehead atoms. The van der Waals surface area contributed by atoms with Crippen LogP contribution in [0.5, 0.6) is 0 Å². The normalized spacial score (nSPS) is 14.5. The van der Waals surface area contributed by atoms with Crippen molar-refractivity contribution in [2.45, 2.75) is 32.0 Å². The highest BCUT2D eigenvalue weighted by atomic mass is 79.9. The molecule has 3 nitrogen and oxygen atoms in total. The number of rotatable bonds is 6. The van der Waals surface area contributed by atoms with E-state index in [0.717, 1.165) is 28.7 Å². The summed E-state index contributed by atoms with van der Waals surface area (Å²) in [5.41, 5.74) is 1.29. The van der Waals surface area contributed by atoms with Crippen LogP contribution in [0.3, 0.4) is 0 Å². The Kier molecular flexibility index (Phi) is 4.38. The summed E-state index contributed by atoms with van der Waals surface area (Å²) < 4.78 is 1.12. The summed E-state index contributed by atoms with van der Waals surface area (Å²) in [5, 5.41) is 4.61. The second kappa shape index (κ2) is 6.24. The van der Waals surface area contributed by atoms with Gasteiger partial charge in [0, 0.05) is 41.7 Å². The molecule has 1 aliphatic rings. The predicted molar refractivity (Wildman–Crippen MR) is 88.2 cm³/mol. The van der Waals surface area contributed by atoms with Gasteiger partial charge in [0.1, 0.15) is 0 Å². The van der Waals surface area contributed by atoms with E-state index in [9.17, 15) is 0 Å². The van der Waals surface area contributed by atoms with E-state index >= 15 is 0 Å². The third-order valence-corrected chi connectivity index (χ3v) is 4.98. The molecule has 3 rings (SSSR count). The Hall–Kier alpha value is -0.910. The average Bonchev–Trinajstić information content (AvgIpc) is 3.15. The van der Waals surface area contributed by atoms with E-state index in [1.807, 2.05) is 6.20 Å². The van der Waals surface area contributed by atoms with Crippen LogP contribution in [0.2, 0.25) is 0 Å². The van der Waals surface area contributed by atoms with Crippen molar-refractivity contribution in [3.05, 3.63) is 45.4 Å². The van der Waals surface area contributed by atoms with E-state index in [0.29, 0.717) is 0 Å². The third-order valence-electron chi connectivity index (χ3n) is 3.34. The van der Waals surface area contributed by atoms with Gasteiger partial charge >= 0.3 is 0 Å². The SMILES string of the molecule is CN(Cc1ccc(Br)cc1)c1ncc(CNC2CC2)s1. The van der Waals surface area contributed by atoms with Crippen LogP contribution in [-0.4, -0.2) is 18.1 Å². The summed E-state index contributed by atoms with van der Waals surface area (Å²) in [4.78, 5) is 8.04. The standard InChI is InChI=1S/C15H18BrN3S/c1-19(10-11-2-4-12(16)5-3-11)15-18-9-14(20-15)8-17-13-6-7-13/h2-5,9,13,17H,6-8,10H2,1H3. The molecular weight excluding hydrogens is 334 g/mol. The number of halogens is 1. The van der Waals surface area contributed by atoms with Crippen molar-refractivity contribution in [2.24, 2.45) is 0 Å². The van der Waals surface area contributed by atoms with Gasteiger partial charge in [0.2, 0.25) is 0 Å². The number of nitrogens with one attached hydrogen (secondary N) is 1. The number of hydrogen-bond acceptors (Lipinski definition) is 4. The van der Waals surface area contributed by atoms with Crippen molar-refractivity contribution < 1.29 is 0 Å². The summed E-state index contributed by atoms with van der Waals surface area (Å²) in [6, 6.07) is 9.19. The lowest BCUT2D eigenvalue weighted by atomic mass is 10.2. The van der Waals surface area contributed by atoms with Crippen LogP contribution < -0.4 is 10.2 Å². The quantitative estimate of drug-likeness (QED) is 0.857. The van der Waals surface area contributed by atoms with Crippen LogP contribution in [0, 0.1) is 0 Å². The predicted octanol–water partition coefficient (Wildman–Crippen LogP) is 3.79. The third kappa shape index (κ3) is 3.81. The first-order valence-electron chi connectivity index (χ1n) is 6.84. The number of anilines is 1. The minimum absolute atomic E-state index is 0.751. The van der Waals surface area contributed by atoms with E-state index in [4.69, 9.17) is 0 Å². The summed E-state index contributed by atoms with van der Waals surface area (Å²) in [6.45, 7) is 1.84. The maximum Gasteiger partial charge on any atom is 0.185 e. The highest BCUT2D eigenvalue weighted by molar-refractivity contribution is 9.10. The molecular formula is C15H18BrN3S. The van der Waals surface area contributed by atoms with Crippen molar-refractivity contribution in [1.29, 1.82) is 0 Å². The van der Waals surface area contributed by atoms with Crippen molar-refractivity contribution in [1.82, 2.24) is 10.3 Å². The summed E-state index contributed by atoms with van der Waals surface area (Å²) in [7, 11) is 2.10. The smallest absolute Gasteiger partial charge is 0.185 e. The fourth-order valence-electron chi connectivity index (χ4n) is 2.02. The molecule has 1 aromatic heterocycles. The average molecular weight is 352 g/mol. The zero-order chi connectivity index (χ0) is 13.9. The van der Waals surface area contributed by atoms with Crippen LogP contribution in [0.15, 0.2) is 34.9 Å². The Morgan fingerprint density at radius 1 is 1.35 bits per heavy atom. The van der Waals surface area contributed by atoms with Crippen LogP contribution in [0.1, 0.15) is 23.3 Å². The Bertz CT molecular complexity index is 563.